The van der Waals surface area contributed by atoms with Crippen molar-refractivity contribution < 1.29 is 19.1 Å². The summed E-state index contributed by atoms with van der Waals surface area (Å²) in [4.78, 5) is 27.8. The number of hydrogen-bond donors (Lipinski definition) is 1. The number of anilines is 1. The summed E-state index contributed by atoms with van der Waals surface area (Å²) < 4.78 is 11.5. The molecule has 28 heavy (non-hydrogen) atoms. The van der Waals surface area contributed by atoms with E-state index in [-0.39, 0.29) is 30.3 Å². The first kappa shape index (κ1) is 18.7. The van der Waals surface area contributed by atoms with E-state index in [0.717, 1.165) is 16.3 Å². The summed E-state index contributed by atoms with van der Waals surface area (Å²) in [7, 11) is 0. The topological polar surface area (TPSA) is 67.9 Å². The van der Waals surface area contributed by atoms with Crippen LogP contribution in [0, 0.1) is 5.92 Å². The summed E-state index contributed by atoms with van der Waals surface area (Å²) in [6.07, 6.45) is 1.97. The molecular weight excluding hydrogens is 376 g/mol. The highest BCUT2D eigenvalue weighted by Gasteiger charge is 2.35. The first-order valence-electron chi connectivity index (χ1n) is 9.24. The fourth-order valence-electron chi connectivity index (χ4n) is 3.43. The zero-order valence-corrected chi connectivity index (χ0v) is 16.4. The average molecular weight is 398 g/mol. The quantitative estimate of drug-likeness (QED) is 0.785. The summed E-state index contributed by atoms with van der Waals surface area (Å²) in [5.74, 6) is 0.893. The maximum absolute atomic E-state index is 12.6. The smallest absolute Gasteiger partial charge is 0.227 e. The van der Waals surface area contributed by atoms with Crippen molar-refractivity contribution in [1.29, 1.82) is 0 Å². The van der Waals surface area contributed by atoms with Crippen molar-refractivity contribution >= 4 is 29.3 Å². The predicted molar refractivity (Wildman–Crippen MR) is 108 cm³/mol. The maximum Gasteiger partial charge on any atom is 0.227 e. The minimum Gasteiger partial charge on any atom is -0.486 e. The van der Waals surface area contributed by atoms with Crippen molar-refractivity contribution in [2.75, 3.05) is 30.9 Å². The fraction of sp³-hybridized carbons (Fsp3) is 0.333. The second-order valence-corrected chi connectivity index (χ2v) is 7.73. The molecule has 2 heterocycles. The molecule has 6 nitrogen and oxygen atoms in total. The molecule has 2 atom stereocenters. The van der Waals surface area contributed by atoms with Gasteiger partial charge in [0.1, 0.15) is 12.7 Å². The highest BCUT2D eigenvalue weighted by atomic mass is 32.2. The van der Waals surface area contributed by atoms with Gasteiger partial charge in [0.05, 0.1) is 12.5 Å². The standard InChI is InChI=1S/C21H22N2O4S/c1-28-17-6-4-5-15(10-17)23-12-14(9-20(23)24)21(25)22-11-16-13-26-18-7-2-3-8-19(18)27-16/h2-8,10,14,16H,9,11-13H2,1H3,(H,22,25)/t14-,16-/m1/s1. The van der Waals surface area contributed by atoms with Crippen LogP contribution in [0.4, 0.5) is 5.69 Å². The van der Waals surface area contributed by atoms with Gasteiger partial charge in [-0.2, -0.15) is 0 Å². The summed E-state index contributed by atoms with van der Waals surface area (Å²) >= 11 is 1.63. The number of benzene rings is 2. The van der Waals surface area contributed by atoms with Gasteiger partial charge in [-0.15, -0.1) is 11.8 Å². The molecule has 0 unspecified atom stereocenters. The van der Waals surface area contributed by atoms with Crippen LogP contribution in [0.3, 0.4) is 0 Å². The molecular formula is C21H22N2O4S. The van der Waals surface area contributed by atoms with Gasteiger partial charge in [-0.05, 0) is 36.6 Å². The molecule has 0 bridgehead atoms. The van der Waals surface area contributed by atoms with Gasteiger partial charge in [0.2, 0.25) is 11.8 Å². The number of rotatable bonds is 5. The van der Waals surface area contributed by atoms with E-state index in [4.69, 9.17) is 9.47 Å². The summed E-state index contributed by atoms with van der Waals surface area (Å²) in [6.45, 7) is 1.13. The molecule has 0 spiro atoms. The molecule has 2 aromatic carbocycles. The molecule has 2 aliphatic rings. The van der Waals surface area contributed by atoms with Crippen LogP contribution < -0.4 is 19.7 Å². The van der Waals surface area contributed by atoms with Crippen molar-refractivity contribution in [3.8, 4) is 11.5 Å². The predicted octanol–water partition coefficient (Wildman–Crippen LogP) is 2.72. The van der Waals surface area contributed by atoms with E-state index in [2.05, 4.69) is 5.32 Å². The Morgan fingerprint density at radius 2 is 2.04 bits per heavy atom. The lowest BCUT2D eigenvalue weighted by Crippen LogP contribution is -2.43. The molecule has 1 fully saturated rings. The van der Waals surface area contributed by atoms with Crippen LogP contribution in [-0.2, 0) is 9.59 Å². The van der Waals surface area contributed by atoms with Crippen molar-refractivity contribution in [2.45, 2.75) is 17.4 Å². The molecule has 0 radical (unpaired) electrons. The van der Waals surface area contributed by atoms with Crippen LogP contribution in [0.15, 0.2) is 53.4 Å². The minimum absolute atomic E-state index is 0.0235. The van der Waals surface area contributed by atoms with E-state index >= 15 is 0 Å². The van der Waals surface area contributed by atoms with Crippen molar-refractivity contribution in [3.63, 3.8) is 0 Å². The van der Waals surface area contributed by atoms with Gasteiger partial charge >= 0.3 is 0 Å². The Morgan fingerprint density at radius 1 is 1.21 bits per heavy atom. The molecule has 2 aliphatic heterocycles. The molecule has 146 valence electrons. The molecule has 0 aromatic heterocycles. The highest BCUT2D eigenvalue weighted by molar-refractivity contribution is 7.98. The number of thioether (sulfide) groups is 1. The largest absolute Gasteiger partial charge is 0.486 e. The Kier molecular flexibility index (Phi) is 5.43. The van der Waals surface area contributed by atoms with Gasteiger partial charge in [0.25, 0.3) is 0 Å². The van der Waals surface area contributed by atoms with Gasteiger partial charge in [-0.25, -0.2) is 0 Å². The Bertz CT molecular complexity index is 888. The number of carbonyl (C=O) groups excluding carboxylic acids is 2. The average Bonchev–Trinajstić information content (AvgIpc) is 3.13. The molecule has 1 saturated heterocycles. The third kappa shape index (κ3) is 3.94. The van der Waals surface area contributed by atoms with E-state index in [1.807, 2.05) is 54.8 Å². The van der Waals surface area contributed by atoms with Gasteiger partial charge < -0.3 is 19.7 Å². The molecule has 7 heteroatoms. The Labute approximate surface area is 168 Å². The number of para-hydroxylation sites is 2. The zero-order valence-electron chi connectivity index (χ0n) is 15.6. The summed E-state index contributed by atoms with van der Waals surface area (Å²) in [5, 5.41) is 2.91. The van der Waals surface area contributed by atoms with Gasteiger partial charge in [0, 0.05) is 23.5 Å². The first-order valence-corrected chi connectivity index (χ1v) is 10.5. The molecule has 0 aliphatic carbocycles. The number of fused-ring (bicyclic) bond motifs is 1. The van der Waals surface area contributed by atoms with Crippen LogP contribution in [0.5, 0.6) is 11.5 Å². The Morgan fingerprint density at radius 3 is 2.86 bits per heavy atom. The molecule has 1 N–H and O–H groups in total. The number of nitrogens with one attached hydrogen (secondary N) is 1. The van der Waals surface area contributed by atoms with E-state index in [1.165, 1.54) is 0 Å². The molecule has 2 aromatic rings. The lowest BCUT2D eigenvalue weighted by atomic mass is 10.1. The summed E-state index contributed by atoms with van der Waals surface area (Å²) in [5.41, 5.74) is 0.841. The zero-order chi connectivity index (χ0) is 19.5. The van der Waals surface area contributed by atoms with Crippen LogP contribution in [-0.4, -0.2) is 43.9 Å². The van der Waals surface area contributed by atoms with Gasteiger partial charge in [-0.3, -0.25) is 9.59 Å². The van der Waals surface area contributed by atoms with Crippen LogP contribution in [0.1, 0.15) is 6.42 Å². The van der Waals surface area contributed by atoms with Crippen LogP contribution >= 0.6 is 11.8 Å². The second kappa shape index (κ2) is 8.14. The van der Waals surface area contributed by atoms with E-state index in [0.29, 0.717) is 25.4 Å². The van der Waals surface area contributed by atoms with Crippen molar-refractivity contribution in [2.24, 2.45) is 5.92 Å². The SMILES string of the molecule is CSc1cccc(N2C[C@H](C(=O)NC[C@@H]3COc4ccccc4O3)CC2=O)c1. The minimum atomic E-state index is -0.359. The number of carbonyl (C=O) groups is 2. The third-order valence-corrected chi connectivity index (χ3v) is 5.66. The number of amides is 2. The van der Waals surface area contributed by atoms with Gasteiger partial charge in [-0.1, -0.05) is 18.2 Å². The Hall–Kier alpha value is -2.67. The van der Waals surface area contributed by atoms with Gasteiger partial charge in [0.15, 0.2) is 11.5 Å². The molecule has 4 rings (SSSR count). The monoisotopic (exact) mass is 398 g/mol. The number of hydrogen-bond acceptors (Lipinski definition) is 5. The Balaban J connectivity index is 1.33. The van der Waals surface area contributed by atoms with Crippen LogP contribution in [0.2, 0.25) is 0 Å². The second-order valence-electron chi connectivity index (χ2n) is 6.85. The molecule has 0 saturated carbocycles. The van der Waals surface area contributed by atoms with E-state index in [9.17, 15) is 9.59 Å². The number of ether oxygens (including phenoxy) is 2. The van der Waals surface area contributed by atoms with Crippen molar-refractivity contribution in [1.82, 2.24) is 5.32 Å². The lowest BCUT2D eigenvalue weighted by molar-refractivity contribution is -0.126. The maximum atomic E-state index is 12.6. The highest BCUT2D eigenvalue weighted by Crippen LogP contribution is 2.31. The normalized spacial score (nSPS) is 20.9. The van der Waals surface area contributed by atoms with Crippen molar-refractivity contribution in [3.05, 3.63) is 48.5 Å². The number of nitrogens with zero attached hydrogens (tertiary/aromatic N) is 1. The van der Waals surface area contributed by atoms with E-state index < -0.39 is 0 Å². The van der Waals surface area contributed by atoms with Crippen LogP contribution in [0.25, 0.3) is 0 Å². The first-order chi connectivity index (χ1) is 13.6. The lowest BCUT2D eigenvalue weighted by Gasteiger charge is -2.26. The fourth-order valence-corrected chi connectivity index (χ4v) is 3.89. The van der Waals surface area contributed by atoms with E-state index in [1.54, 1.807) is 16.7 Å². The molecule has 2 amide bonds. The summed E-state index contributed by atoms with van der Waals surface area (Å²) in [6, 6.07) is 15.3. The third-order valence-electron chi connectivity index (χ3n) is 4.93.